The number of allylic oxidation sites excluding steroid dienone is 1. The maximum atomic E-state index is 13.0. The fourth-order valence-corrected chi connectivity index (χ4v) is 9.23. The summed E-state index contributed by atoms with van der Waals surface area (Å²) in [7, 11) is 1.87. The molecule has 8 atom stereocenters. The number of urea groups is 1. The molecule has 0 saturated heterocycles. The molecule has 4 aliphatic carbocycles. The summed E-state index contributed by atoms with van der Waals surface area (Å²) in [4.78, 5) is 26.9. The first-order chi connectivity index (χ1) is 17.9. The number of hydrogen-bond donors (Lipinski definition) is 3. The van der Waals surface area contributed by atoms with Gasteiger partial charge in [-0.2, -0.15) is 0 Å². The minimum Gasteiger partial charge on any atom is -0.354 e. The molecule has 0 aromatic carbocycles. The van der Waals surface area contributed by atoms with Crippen LogP contribution in [0.5, 0.6) is 0 Å². The molecule has 0 heterocycles. The van der Waals surface area contributed by atoms with Crippen LogP contribution in [0.15, 0.2) is 11.6 Å². The molecular weight excluding hydrogens is 472 g/mol. The summed E-state index contributed by atoms with van der Waals surface area (Å²) in [5.41, 5.74) is 2.32. The van der Waals surface area contributed by atoms with Crippen LogP contribution < -0.4 is 16.0 Å². The molecule has 3 N–H and O–H groups in total. The third kappa shape index (κ3) is 5.67. The van der Waals surface area contributed by atoms with Crippen molar-refractivity contribution in [1.29, 1.82) is 0 Å². The molecule has 38 heavy (non-hydrogen) atoms. The monoisotopic (exact) mass is 528 g/mol. The minimum absolute atomic E-state index is 0.00286. The van der Waals surface area contributed by atoms with Gasteiger partial charge in [-0.25, -0.2) is 4.79 Å². The Morgan fingerprint density at radius 3 is 2.34 bits per heavy atom. The first-order valence-corrected chi connectivity index (χ1v) is 15.6. The van der Waals surface area contributed by atoms with Crippen LogP contribution in [0.25, 0.3) is 0 Å². The molecule has 6 heteroatoms. The van der Waals surface area contributed by atoms with Crippen molar-refractivity contribution < 1.29 is 9.59 Å². The Labute approximate surface area is 232 Å². The lowest BCUT2D eigenvalue weighted by molar-refractivity contribution is -0.130. The quantitative estimate of drug-likeness (QED) is 0.352. The van der Waals surface area contributed by atoms with E-state index in [9.17, 15) is 9.59 Å². The molecule has 4 aliphatic rings. The summed E-state index contributed by atoms with van der Waals surface area (Å²) < 4.78 is 0. The van der Waals surface area contributed by atoms with Crippen LogP contribution in [-0.4, -0.2) is 55.1 Å². The molecule has 3 fully saturated rings. The van der Waals surface area contributed by atoms with E-state index in [1.54, 1.807) is 10.5 Å². The minimum atomic E-state index is 0.00286. The number of carbonyl (C=O) groups excluding carboxylic acids is 2. The third-order valence-corrected chi connectivity index (χ3v) is 11.2. The van der Waals surface area contributed by atoms with Crippen LogP contribution in [0.1, 0.15) is 99.8 Å². The number of amides is 3. The smallest absolute Gasteiger partial charge is 0.317 e. The van der Waals surface area contributed by atoms with Gasteiger partial charge in [0.15, 0.2) is 0 Å². The van der Waals surface area contributed by atoms with Crippen LogP contribution in [-0.2, 0) is 4.79 Å². The van der Waals surface area contributed by atoms with E-state index in [4.69, 9.17) is 0 Å². The molecule has 0 spiro atoms. The van der Waals surface area contributed by atoms with Gasteiger partial charge >= 0.3 is 6.03 Å². The highest BCUT2D eigenvalue weighted by Crippen LogP contribution is 2.67. The maximum absolute atomic E-state index is 13.0. The second-order valence-corrected chi connectivity index (χ2v) is 14.3. The van der Waals surface area contributed by atoms with Gasteiger partial charge in [-0.15, -0.1) is 0 Å². The zero-order valence-electron chi connectivity index (χ0n) is 25.5. The Morgan fingerprint density at radius 2 is 1.66 bits per heavy atom. The molecule has 0 aromatic rings. The van der Waals surface area contributed by atoms with Crippen molar-refractivity contribution in [3.63, 3.8) is 0 Å². The van der Waals surface area contributed by atoms with Gasteiger partial charge in [0.2, 0.25) is 5.91 Å². The predicted molar refractivity (Wildman–Crippen MR) is 156 cm³/mol. The first kappa shape index (κ1) is 29.4. The fourth-order valence-electron chi connectivity index (χ4n) is 9.23. The van der Waals surface area contributed by atoms with Gasteiger partial charge in [-0.3, -0.25) is 4.79 Å². The standard InChI is InChI=1S/C32H56N4O2/c1-20(2)34-29(37)22(5)26-11-12-27-25-10-9-23-19-24(33-17-18-36(8)30(38)35-21(3)4)13-15-31(23,6)28(25)14-16-32(26,27)7/h19-22,24-28,33H,9-18H2,1-8H3,(H,34,37)(H,35,38)/t22?,24-,25?,26+,27?,28?,31-,32+/m0/s1. The summed E-state index contributed by atoms with van der Waals surface area (Å²) in [6, 6.07) is 0.794. The van der Waals surface area contributed by atoms with Crippen LogP contribution in [0, 0.1) is 40.4 Å². The Morgan fingerprint density at radius 1 is 0.947 bits per heavy atom. The summed E-state index contributed by atoms with van der Waals surface area (Å²) in [6.45, 7) is 17.0. The van der Waals surface area contributed by atoms with Crippen LogP contribution >= 0.6 is 0 Å². The van der Waals surface area contributed by atoms with Crippen molar-refractivity contribution in [2.45, 2.75) is 118 Å². The van der Waals surface area contributed by atoms with Gasteiger partial charge in [0.1, 0.15) is 0 Å². The van der Waals surface area contributed by atoms with Crippen molar-refractivity contribution in [3.8, 4) is 0 Å². The van der Waals surface area contributed by atoms with Crippen LogP contribution in [0.3, 0.4) is 0 Å². The highest BCUT2D eigenvalue weighted by molar-refractivity contribution is 5.79. The Hall–Kier alpha value is -1.56. The number of nitrogens with one attached hydrogen (secondary N) is 3. The average Bonchev–Trinajstić information content (AvgIpc) is 3.19. The highest BCUT2D eigenvalue weighted by Gasteiger charge is 2.60. The van der Waals surface area contributed by atoms with E-state index in [2.05, 4.69) is 56.6 Å². The Kier molecular flexibility index (Phi) is 8.91. The van der Waals surface area contributed by atoms with E-state index < -0.39 is 0 Å². The Bertz CT molecular complexity index is 900. The van der Waals surface area contributed by atoms with Crippen molar-refractivity contribution in [1.82, 2.24) is 20.9 Å². The average molecular weight is 529 g/mol. The lowest BCUT2D eigenvalue weighted by Gasteiger charge is -2.59. The number of rotatable bonds is 8. The number of hydrogen-bond acceptors (Lipinski definition) is 3. The van der Waals surface area contributed by atoms with E-state index in [1.165, 1.54) is 51.4 Å². The molecule has 0 aromatic heterocycles. The van der Waals surface area contributed by atoms with E-state index in [-0.39, 0.29) is 29.9 Å². The molecular formula is C32H56N4O2. The van der Waals surface area contributed by atoms with Crippen molar-refractivity contribution in [2.24, 2.45) is 40.4 Å². The van der Waals surface area contributed by atoms with Gasteiger partial charge in [0.25, 0.3) is 0 Å². The van der Waals surface area contributed by atoms with Crippen LogP contribution in [0.2, 0.25) is 0 Å². The van der Waals surface area contributed by atoms with E-state index >= 15 is 0 Å². The zero-order valence-corrected chi connectivity index (χ0v) is 25.5. The van der Waals surface area contributed by atoms with Gasteiger partial charge in [0.05, 0.1) is 0 Å². The van der Waals surface area contributed by atoms with Crippen LogP contribution in [0.4, 0.5) is 4.79 Å². The molecule has 0 radical (unpaired) electrons. The van der Waals surface area contributed by atoms with Gasteiger partial charge in [-0.1, -0.05) is 32.4 Å². The summed E-state index contributed by atoms with van der Waals surface area (Å²) >= 11 is 0. The fraction of sp³-hybridized carbons (Fsp3) is 0.875. The molecule has 3 amide bonds. The normalized spacial score (nSPS) is 37.1. The molecule has 6 nitrogen and oxygen atoms in total. The summed E-state index contributed by atoms with van der Waals surface area (Å²) in [5, 5.41) is 9.89. The van der Waals surface area contributed by atoms with E-state index in [0.717, 1.165) is 30.8 Å². The summed E-state index contributed by atoms with van der Waals surface area (Å²) in [5.74, 6) is 3.23. The van der Waals surface area contributed by atoms with Crippen molar-refractivity contribution >= 4 is 11.9 Å². The molecule has 4 rings (SSSR count). The molecule has 0 bridgehead atoms. The molecule has 4 unspecified atom stereocenters. The number of carbonyl (C=O) groups is 2. The number of fused-ring (bicyclic) bond motifs is 5. The second kappa shape index (κ2) is 11.5. The predicted octanol–water partition coefficient (Wildman–Crippen LogP) is 5.73. The van der Waals surface area contributed by atoms with Gasteiger partial charge < -0.3 is 20.9 Å². The third-order valence-electron chi connectivity index (χ3n) is 11.2. The molecule has 0 aliphatic heterocycles. The van der Waals surface area contributed by atoms with Gasteiger partial charge in [0, 0.05) is 44.2 Å². The van der Waals surface area contributed by atoms with Gasteiger partial charge in [-0.05, 0) is 114 Å². The topological polar surface area (TPSA) is 73.5 Å². The number of likely N-dealkylation sites (N-methyl/N-ethyl adjacent to an activating group) is 1. The molecule has 3 saturated carbocycles. The second-order valence-electron chi connectivity index (χ2n) is 14.3. The number of nitrogens with zero attached hydrogens (tertiary/aromatic N) is 1. The SMILES string of the molecule is CC(C)NC(=O)C(C)[C@H]1CCC2C3CCC4=C[C@@H](NCCN(C)C(=O)NC(C)C)CC[C@]4(C)C3CC[C@@]21C. The van der Waals surface area contributed by atoms with E-state index in [1.807, 2.05) is 20.9 Å². The summed E-state index contributed by atoms with van der Waals surface area (Å²) in [6.07, 6.45) is 12.7. The first-order valence-electron chi connectivity index (χ1n) is 15.6. The van der Waals surface area contributed by atoms with Crippen molar-refractivity contribution in [3.05, 3.63) is 11.6 Å². The Balaban J connectivity index is 1.38. The lowest BCUT2D eigenvalue weighted by Crippen LogP contribution is -2.52. The lowest BCUT2D eigenvalue weighted by atomic mass is 9.46. The highest BCUT2D eigenvalue weighted by atomic mass is 16.2. The molecule has 216 valence electrons. The van der Waals surface area contributed by atoms with E-state index in [0.29, 0.717) is 22.8 Å². The van der Waals surface area contributed by atoms with Crippen molar-refractivity contribution in [2.75, 3.05) is 20.1 Å². The largest absolute Gasteiger partial charge is 0.354 e. The maximum Gasteiger partial charge on any atom is 0.317 e. The zero-order chi connectivity index (χ0) is 27.8.